The quantitative estimate of drug-likeness (QED) is 0.540. The molecule has 2 saturated heterocycles. The fourth-order valence-electron chi connectivity index (χ4n) is 4.92. The standard InChI is InChI=1S/C24H24N4O5S2/c1-2-15-3-4-17-16(13-15)14-20(25-17)35(30,31)28-9-7-27(8-10-28)24(29)23-26-18-5-6-19-21(22(18)34-23)33-12-11-32-19/h1,3-4,13-14,19,21,25H,5-12H2. The highest BCUT2D eigenvalue weighted by atomic mass is 32.2. The van der Waals surface area contributed by atoms with Gasteiger partial charge in [0.25, 0.3) is 15.9 Å². The van der Waals surface area contributed by atoms with E-state index < -0.39 is 10.0 Å². The van der Waals surface area contributed by atoms with Crippen molar-refractivity contribution in [1.29, 1.82) is 0 Å². The third kappa shape index (κ3) is 3.95. The second kappa shape index (κ2) is 8.72. The average molecular weight is 513 g/mol. The summed E-state index contributed by atoms with van der Waals surface area (Å²) in [4.78, 5) is 23.5. The van der Waals surface area contributed by atoms with Gasteiger partial charge in [0.15, 0.2) is 5.01 Å². The Labute approximate surface area is 207 Å². The van der Waals surface area contributed by atoms with Crippen LogP contribution in [0.25, 0.3) is 10.9 Å². The number of aryl methyl sites for hydroxylation is 1. The molecule has 182 valence electrons. The summed E-state index contributed by atoms with van der Waals surface area (Å²) in [5.74, 6) is 2.40. The van der Waals surface area contributed by atoms with Crippen LogP contribution in [0.5, 0.6) is 0 Å². The Morgan fingerprint density at radius 3 is 2.77 bits per heavy atom. The number of nitrogens with one attached hydrogen (secondary N) is 1. The molecular weight excluding hydrogens is 488 g/mol. The molecule has 2 aliphatic heterocycles. The molecular formula is C24H24N4O5S2. The monoisotopic (exact) mass is 512 g/mol. The first-order chi connectivity index (χ1) is 16.9. The van der Waals surface area contributed by atoms with Crippen molar-refractivity contribution in [2.24, 2.45) is 0 Å². The molecule has 2 fully saturated rings. The van der Waals surface area contributed by atoms with Gasteiger partial charge in [-0.3, -0.25) is 4.79 Å². The molecule has 4 heterocycles. The Balaban J connectivity index is 1.15. The van der Waals surface area contributed by atoms with Crippen molar-refractivity contribution >= 4 is 38.2 Å². The maximum Gasteiger partial charge on any atom is 0.282 e. The van der Waals surface area contributed by atoms with Crippen LogP contribution < -0.4 is 0 Å². The van der Waals surface area contributed by atoms with Gasteiger partial charge < -0.3 is 19.4 Å². The molecule has 9 nitrogen and oxygen atoms in total. The van der Waals surface area contributed by atoms with Gasteiger partial charge >= 0.3 is 0 Å². The number of hydrogen-bond donors (Lipinski definition) is 1. The summed E-state index contributed by atoms with van der Waals surface area (Å²) in [6, 6.07) is 6.93. The van der Waals surface area contributed by atoms with Crippen LogP contribution in [0.4, 0.5) is 0 Å². The molecule has 0 spiro atoms. The van der Waals surface area contributed by atoms with E-state index in [4.69, 9.17) is 15.9 Å². The van der Waals surface area contributed by atoms with Gasteiger partial charge in [-0.2, -0.15) is 4.31 Å². The van der Waals surface area contributed by atoms with Crippen molar-refractivity contribution in [3.8, 4) is 12.3 Å². The average Bonchev–Trinajstić information content (AvgIpc) is 3.53. The number of aromatic nitrogens is 2. The van der Waals surface area contributed by atoms with Gasteiger partial charge in [-0.25, -0.2) is 13.4 Å². The summed E-state index contributed by atoms with van der Waals surface area (Å²) in [5, 5.41) is 1.30. The summed E-state index contributed by atoms with van der Waals surface area (Å²) < 4.78 is 39.6. The van der Waals surface area contributed by atoms with Gasteiger partial charge in [-0.05, 0) is 37.1 Å². The predicted molar refractivity (Wildman–Crippen MR) is 130 cm³/mol. The van der Waals surface area contributed by atoms with Crippen molar-refractivity contribution < 1.29 is 22.7 Å². The molecule has 0 radical (unpaired) electrons. The van der Waals surface area contributed by atoms with Gasteiger partial charge in [0, 0.05) is 42.6 Å². The molecule has 3 aliphatic rings. The Bertz CT molecular complexity index is 1450. The molecule has 0 saturated carbocycles. The Morgan fingerprint density at radius 2 is 1.97 bits per heavy atom. The first kappa shape index (κ1) is 22.7. The molecule has 3 aromatic rings. The largest absolute Gasteiger partial charge is 0.373 e. The molecule has 6 rings (SSSR count). The summed E-state index contributed by atoms with van der Waals surface area (Å²) in [7, 11) is -3.73. The minimum atomic E-state index is -3.73. The van der Waals surface area contributed by atoms with Gasteiger partial charge in [-0.15, -0.1) is 17.8 Å². The summed E-state index contributed by atoms with van der Waals surface area (Å²) in [6.07, 6.45) is 6.93. The van der Waals surface area contributed by atoms with Crippen LogP contribution in [-0.4, -0.2) is 79.0 Å². The molecule has 35 heavy (non-hydrogen) atoms. The zero-order chi connectivity index (χ0) is 24.2. The van der Waals surface area contributed by atoms with E-state index in [0.29, 0.717) is 42.4 Å². The lowest BCUT2D eigenvalue weighted by atomic mass is 9.96. The fraction of sp³-hybridized carbons (Fsp3) is 0.417. The van der Waals surface area contributed by atoms with E-state index in [1.165, 1.54) is 15.6 Å². The molecule has 1 amide bonds. The van der Waals surface area contributed by atoms with Crippen molar-refractivity contribution in [1.82, 2.24) is 19.2 Å². The molecule has 2 atom stereocenters. The zero-order valence-corrected chi connectivity index (χ0v) is 20.5. The van der Waals surface area contributed by atoms with Crippen molar-refractivity contribution in [2.45, 2.75) is 30.1 Å². The number of hydrogen-bond acceptors (Lipinski definition) is 7. The highest BCUT2D eigenvalue weighted by Gasteiger charge is 2.38. The number of terminal acetylenes is 1. The third-order valence-corrected chi connectivity index (χ3v) is 9.76. The smallest absolute Gasteiger partial charge is 0.282 e. The van der Waals surface area contributed by atoms with Crippen LogP contribution in [0.3, 0.4) is 0 Å². The van der Waals surface area contributed by atoms with Crippen LogP contribution in [0.1, 0.15) is 38.5 Å². The Hall–Kier alpha value is -2.75. The number of thiazole rings is 1. The number of benzene rings is 1. The van der Waals surface area contributed by atoms with Gasteiger partial charge in [0.1, 0.15) is 11.1 Å². The number of sulfonamides is 1. The zero-order valence-electron chi connectivity index (χ0n) is 18.9. The topological polar surface area (TPSA) is 105 Å². The molecule has 11 heteroatoms. The number of aromatic amines is 1. The maximum absolute atomic E-state index is 13.2. The summed E-state index contributed by atoms with van der Waals surface area (Å²) >= 11 is 1.37. The number of amides is 1. The van der Waals surface area contributed by atoms with E-state index in [1.54, 1.807) is 29.2 Å². The minimum Gasteiger partial charge on any atom is -0.373 e. The summed E-state index contributed by atoms with van der Waals surface area (Å²) in [5.41, 5.74) is 2.31. The molecule has 1 aromatic carbocycles. The second-order valence-electron chi connectivity index (χ2n) is 8.85. The maximum atomic E-state index is 13.2. The van der Waals surface area contributed by atoms with E-state index in [-0.39, 0.29) is 36.2 Å². The van der Waals surface area contributed by atoms with E-state index in [0.717, 1.165) is 28.8 Å². The number of fused-ring (bicyclic) bond motifs is 4. The number of carbonyl (C=O) groups is 1. The van der Waals surface area contributed by atoms with Crippen LogP contribution >= 0.6 is 11.3 Å². The van der Waals surface area contributed by atoms with Crippen LogP contribution in [0, 0.1) is 12.3 Å². The number of piperazine rings is 1. The van der Waals surface area contributed by atoms with E-state index in [9.17, 15) is 13.2 Å². The van der Waals surface area contributed by atoms with Crippen LogP contribution in [0.15, 0.2) is 29.3 Å². The van der Waals surface area contributed by atoms with Crippen LogP contribution in [-0.2, 0) is 25.9 Å². The summed E-state index contributed by atoms with van der Waals surface area (Å²) in [6.45, 7) is 2.17. The lowest BCUT2D eigenvalue weighted by Gasteiger charge is -2.34. The van der Waals surface area contributed by atoms with Gasteiger partial charge in [-0.1, -0.05) is 5.92 Å². The number of rotatable bonds is 3. The van der Waals surface area contributed by atoms with Crippen molar-refractivity contribution in [3.05, 3.63) is 45.4 Å². The molecule has 2 aromatic heterocycles. The first-order valence-corrected chi connectivity index (χ1v) is 13.8. The number of carbonyl (C=O) groups excluding carboxylic acids is 1. The minimum absolute atomic E-state index is 0.0243. The third-order valence-electron chi connectivity index (χ3n) is 6.79. The predicted octanol–water partition coefficient (Wildman–Crippen LogP) is 2.16. The lowest BCUT2D eigenvalue weighted by molar-refractivity contribution is -0.147. The van der Waals surface area contributed by atoms with Crippen LogP contribution in [0.2, 0.25) is 0 Å². The molecule has 2 unspecified atom stereocenters. The van der Waals surface area contributed by atoms with E-state index in [2.05, 4.69) is 15.9 Å². The molecule has 0 bridgehead atoms. The number of ether oxygens (including phenoxy) is 2. The number of nitrogens with zero attached hydrogens (tertiary/aromatic N) is 3. The van der Waals surface area contributed by atoms with E-state index >= 15 is 0 Å². The fourth-order valence-corrected chi connectivity index (χ4v) is 7.54. The van der Waals surface area contributed by atoms with Gasteiger partial charge in [0.05, 0.1) is 29.9 Å². The second-order valence-corrected chi connectivity index (χ2v) is 11.8. The van der Waals surface area contributed by atoms with Gasteiger partial charge in [0.2, 0.25) is 0 Å². The van der Waals surface area contributed by atoms with E-state index in [1.807, 2.05) is 0 Å². The molecule has 1 aliphatic carbocycles. The number of H-pyrrole nitrogens is 1. The highest BCUT2D eigenvalue weighted by Crippen LogP contribution is 2.40. The van der Waals surface area contributed by atoms with Crippen molar-refractivity contribution in [3.63, 3.8) is 0 Å². The SMILES string of the molecule is C#Cc1ccc2[nH]c(S(=O)(=O)N3CCN(C(=O)c4nc5c(s4)C4OCCOC4CC5)CC3)cc2c1. The Kier molecular flexibility index (Phi) is 5.66. The normalized spacial score (nSPS) is 23.0. The lowest BCUT2D eigenvalue weighted by Crippen LogP contribution is -2.50. The Morgan fingerprint density at radius 1 is 1.17 bits per heavy atom. The van der Waals surface area contributed by atoms with Crippen molar-refractivity contribution in [2.75, 3.05) is 39.4 Å². The highest BCUT2D eigenvalue weighted by molar-refractivity contribution is 7.89. The first-order valence-electron chi connectivity index (χ1n) is 11.6. The molecule has 1 N–H and O–H groups in total.